The number of halogens is 5. The van der Waals surface area contributed by atoms with Gasteiger partial charge in [-0.1, -0.05) is 23.2 Å². The Balaban J connectivity index is 2.48. The molecule has 0 N–H and O–H groups in total. The second-order valence-electron chi connectivity index (χ2n) is 6.13. The van der Waals surface area contributed by atoms with Gasteiger partial charge >= 0.3 is 6.18 Å². The Kier molecular flexibility index (Phi) is 6.65. The molecule has 0 radical (unpaired) electrons. The number of aryl methyl sites for hydroxylation is 1. The summed E-state index contributed by atoms with van der Waals surface area (Å²) < 4.78 is 40.3. The van der Waals surface area contributed by atoms with E-state index in [4.69, 9.17) is 23.2 Å². The first-order chi connectivity index (χ1) is 12.5. The normalized spacial score (nSPS) is 11.9. The zero-order valence-corrected chi connectivity index (χ0v) is 16.9. The van der Waals surface area contributed by atoms with Crippen molar-refractivity contribution in [1.82, 2.24) is 4.90 Å². The molecule has 2 aromatic carbocycles. The summed E-state index contributed by atoms with van der Waals surface area (Å²) in [7, 11) is 3.44. The molecule has 0 aliphatic rings. The van der Waals surface area contributed by atoms with Crippen molar-refractivity contribution in [2.45, 2.75) is 20.0 Å². The van der Waals surface area contributed by atoms with Crippen LogP contribution in [-0.4, -0.2) is 31.9 Å². The zero-order valence-electron chi connectivity index (χ0n) is 15.4. The van der Waals surface area contributed by atoms with E-state index in [-0.39, 0.29) is 10.7 Å². The van der Waals surface area contributed by atoms with Crippen molar-refractivity contribution < 1.29 is 13.2 Å². The Morgan fingerprint density at radius 3 is 2.33 bits per heavy atom. The third-order valence-electron chi connectivity index (χ3n) is 4.14. The van der Waals surface area contributed by atoms with Crippen molar-refractivity contribution in [2.24, 2.45) is 4.99 Å². The van der Waals surface area contributed by atoms with Crippen molar-refractivity contribution >= 4 is 46.6 Å². The van der Waals surface area contributed by atoms with Crippen molar-refractivity contribution in [2.75, 3.05) is 25.5 Å². The van der Waals surface area contributed by atoms with Gasteiger partial charge in [-0.2, -0.15) is 13.2 Å². The molecular weight excluding hydrogens is 398 g/mol. The molecule has 0 bridgehead atoms. The second kappa shape index (κ2) is 8.40. The number of nitrogens with zero attached hydrogens (tertiary/aromatic N) is 3. The lowest BCUT2D eigenvalue weighted by Gasteiger charge is -2.26. The van der Waals surface area contributed by atoms with E-state index in [1.165, 1.54) is 17.0 Å². The summed E-state index contributed by atoms with van der Waals surface area (Å²) in [4.78, 5) is 7.67. The maximum absolute atomic E-state index is 13.4. The topological polar surface area (TPSA) is 18.8 Å². The van der Waals surface area contributed by atoms with E-state index in [2.05, 4.69) is 4.99 Å². The summed E-state index contributed by atoms with van der Waals surface area (Å²) in [6.07, 6.45) is -2.87. The molecule has 3 nitrogen and oxygen atoms in total. The largest absolute Gasteiger partial charge is 0.418 e. The molecule has 0 saturated carbocycles. The summed E-state index contributed by atoms with van der Waals surface area (Å²) in [6.45, 7) is 4.58. The molecule has 0 heterocycles. The van der Waals surface area contributed by atoms with Gasteiger partial charge in [-0.3, -0.25) is 0 Å². The molecule has 0 saturated heterocycles. The molecular formula is C19H20Cl2F3N3. The van der Waals surface area contributed by atoms with Crippen molar-refractivity contribution in [3.8, 4) is 0 Å². The predicted octanol–water partition coefficient (Wildman–Crippen LogP) is 6.70. The first-order valence-electron chi connectivity index (χ1n) is 8.19. The fourth-order valence-electron chi connectivity index (χ4n) is 2.52. The molecule has 0 aromatic heterocycles. The maximum Gasteiger partial charge on any atom is 0.418 e. The number of anilines is 2. The van der Waals surface area contributed by atoms with Gasteiger partial charge in [0.2, 0.25) is 0 Å². The van der Waals surface area contributed by atoms with Gasteiger partial charge in [-0.25, -0.2) is 4.99 Å². The monoisotopic (exact) mass is 417 g/mol. The van der Waals surface area contributed by atoms with Crippen LogP contribution in [0, 0.1) is 6.92 Å². The molecule has 0 aliphatic heterocycles. The SMILES string of the molecule is CCN(C)C=Nc1cc(C)c(N(C)c2ccc(Cl)cc2C(F)(F)F)cc1Cl. The molecule has 27 heavy (non-hydrogen) atoms. The standard InChI is InChI=1S/C19H20Cl2F3N3/c1-5-26(3)11-25-16-8-12(2)18(10-15(16)21)27(4)17-7-6-13(20)9-14(17)19(22,23)24/h6-11H,5H2,1-4H3. The molecule has 0 aliphatic carbocycles. The second-order valence-corrected chi connectivity index (χ2v) is 6.97. The minimum Gasteiger partial charge on any atom is -0.366 e. The summed E-state index contributed by atoms with van der Waals surface area (Å²) in [6, 6.07) is 7.06. The van der Waals surface area contributed by atoms with Crippen LogP contribution in [0.5, 0.6) is 0 Å². The lowest BCUT2D eigenvalue weighted by molar-refractivity contribution is -0.137. The van der Waals surface area contributed by atoms with Crippen LogP contribution in [0.4, 0.5) is 30.2 Å². The van der Waals surface area contributed by atoms with Gasteiger partial charge in [0.05, 0.1) is 28.3 Å². The molecule has 0 unspecified atom stereocenters. The first kappa shape index (κ1) is 21.4. The van der Waals surface area contributed by atoms with E-state index in [1.54, 1.807) is 32.4 Å². The van der Waals surface area contributed by atoms with Crippen LogP contribution >= 0.6 is 23.2 Å². The Hall–Kier alpha value is -1.92. The number of aliphatic imine (C=N–C) groups is 1. The average molecular weight is 418 g/mol. The third-order valence-corrected chi connectivity index (χ3v) is 4.68. The molecule has 0 spiro atoms. The van der Waals surface area contributed by atoms with Crippen molar-refractivity contribution in [3.05, 3.63) is 51.5 Å². The molecule has 0 atom stereocenters. The van der Waals surface area contributed by atoms with Crippen LogP contribution in [0.15, 0.2) is 35.3 Å². The Morgan fingerprint density at radius 2 is 1.74 bits per heavy atom. The van der Waals surface area contributed by atoms with E-state index in [0.29, 0.717) is 16.4 Å². The summed E-state index contributed by atoms with van der Waals surface area (Å²) in [5, 5.41) is 0.379. The van der Waals surface area contributed by atoms with E-state index >= 15 is 0 Å². The molecule has 2 rings (SSSR count). The summed E-state index contributed by atoms with van der Waals surface area (Å²) in [5.41, 5.74) is 1.04. The highest BCUT2D eigenvalue weighted by Crippen LogP contribution is 2.42. The first-order valence-corrected chi connectivity index (χ1v) is 8.95. The van der Waals surface area contributed by atoms with Gasteiger partial charge in [0.1, 0.15) is 0 Å². The summed E-state index contributed by atoms with van der Waals surface area (Å²) >= 11 is 12.1. The molecule has 0 fully saturated rings. The number of hydrogen-bond donors (Lipinski definition) is 0. The van der Waals surface area contributed by atoms with E-state index in [0.717, 1.165) is 18.2 Å². The third kappa shape index (κ3) is 5.08. The smallest absolute Gasteiger partial charge is 0.366 e. The van der Waals surface area contributed by atoms with E-state index in [1.807, 2.05) is 18.9 Å². The van der Waals surface area contributed by atoms with E-state index < -0.39 is 11.7 Å². The highest BCUT2D eigenvalue weighted by atomic mass is 35.5. The fourth-order valence-corrected chi connectivity index (χ4v) is 2.89. The Bertz CT molecular complexity index is 851. The molecule has 0 amide bonds. The quantitative estimate of drug-likeness (QED) is 0.398. The minimum atomic E-state index is -4.53. The van der Waals surface area contributed by atoms with Crippen LogP contribution in [0.1, 0.15) is 18.1 Å². The molecule has 2 aromatic rings. The van der Waals surface area contributed by atoms with Crippen molar-refractivity contribution in [3.63, 3.8) is 0 Å². The number of benzene rings is 2. The zero-order chi connectivity index (χ0) is 20.4. The highest BCUT2D eigenvalue weighted by molar-refractivity contribution is 6.33. The van der Waals surface area contributed by atoms with Gasteiger partial charge in [0, 0.05) is 31.4 Å². The molecule has 146 valence electrons. The summed E-state index contributed by atoms with van der Waals surface area (Å²) in [5.74, 6) is 0. The average Bonchev–Trinajstić information content (AvgIpc) is 2.60. The van der Waals surface area contributed by atoms with Crippen LogP contribution in [-0.2, 0) is 6.18 Å². The molecule has 8 heteroatoms. The van der Waals surface area contributed by atoms with Crippen LogP contribution < -0.4 is 4.90 Å². The number of rotatable bonds is 5. The van der Waals surface area contributed by atoms with Gasteiger partial charge in [-0.15, -0.1) is 0 Å². The Labute approximate surface area is 167 Å². The van der Waals surface area contributed by atoms with Gasteiger partial charge in [0.15, 0.2) is 0 Å². The van der Waals surface area contributed by atoms with Gasteiger partial charge in [-0.05, 0) is 49.7 Å². The van der Waals surface area contributed by atoms with E-state index in [9.17, 15) is 13.2 Å². The van der Waals surface area contributed by atoms with Gasteiger partial charge in [0.25, 0.3) is 0 Å². The lowest BCUT2D eigenvalue weighted by atomic mass is 10.1. The van der Waals surface area contributed by atoms with Crippen LogP contribution in [0.25, 0.3) is 0 Å². The predicted molar refractivity (Wildman–Crippen MR) is 107 cm³/mol. The number of hydrogen-bond acceptors (Lipinski definition) is 2. The number of alkyl halides is 3. The maximum atomic E-state index is 13.4. The fraction of sp³-hybridized carbons (Fsp3) is 0.316. The Morgan fingerprint density at radius 1 is 1.07 bits per heavy atom. The highest BCUT2D eigenvalue weighted by Gasteiger charge is 2.35. The van der Waals surface area contributed by atoms with Crippen molar-refractivity contribution in [1.29, 1.82) is 0 Å². The van der Waals surface area contributed by atoms with Crippen LogP contribution in [0.2, 0.25) is 10.0 Å². The van der Waals surface area contributed by atoms with Crippen LogP contribution in [0.3, 0.4) is 0 Å². The van der Waals surface area contributed by atoms with Gasteiger partial charge < -0.3 is 9.80 Å². The lowest BCUT2D eigenvalue weighted by Crippen LogP contribution is -2.17. The minimum absolute atomic E-state index is 0.00645.